The lowest BCUT2D eigenvalue weighted by molar-refractivity contribution is -0.118. The Balaban J connectivity index is 1.58. The lowest BCUT2D eigenvalue weighted by Gasteiger charge is -2.39. The molecular weight excluding hydrogens is 745 g/mol. The molecule has 1 aromatic heterocycles. The number of methoxy groups -OCH3 is 2. The molecule has 0 bridgehead atoms. The molecule has 0 aliphatic carbocycles. The van der Waals surface area contributed by atoms with E-state index in [4.69, 9.17) is 28.0 Å². The van der Waals surface area contributed by atoms with Crippen molar-refractivity contribution in [1.82, 2.24) is 14.2 Å². The number of rotatable bonds is 19. The summed E-state index contributed by atoms with van der Waals surface area (Å²) in [6, 6.07) is 29.3. The smallest absolute Gasteiger partial charge is 0.351 e. The summed E-state index contributed by atoms with van der Waals surface area (Å²) < 4.78 is 41.8. The highest BCUT2D eigenvalue weighted by Crippen LogP contribution is 2.50. The van der Waals surface area contributed by atoms with Crippen molar-refractivity contribution in [2.24, 2.45) is 5.92 Å². The molecule has 304 valence electrons. The number of nitrogens with one attached hydrogen (secondary N) is 1. The summed E-state index contributed by atoms with van der Waals surface area (Å²) in [7, 11) is 1.57. The van der Waals surface area contributed by atoms with Crippen molar-refractivity contribution >= 4 is 20.3 Å². The van der Waals surface area contributed by atoms with Crippen molar-refractivity contribution in [3.63, 3.8) is 0 Å². The first-order valence-electron chi connectivity index (χ1n) is 19.2. The van der Waals surface area contributed by atoms with Gasteiger partial charge in [0.2, 0.25) is 5.91 Å². The number of aromatic nitrogens is 2. The number of benzene rings is 3. The number of hydrogen-bond donors (Lipinski definition) is 1. The molecule has 1 unspecified atom stereocenters. The maximum absolute atomic E-state index is 13.5. The van der Waals surface area contributed by atoms with E-state index in [9.17, 15) is 14.9 Å². The standard InChI is InChI=1S/C43H54N5O8P/c1-29(2)41(49)45-39-23-25-47(42(50)46-39)40-27-37(56-57(54-26-12-24-44)48(30(3)4)31(5)6)38(55-40)28-53-43(32-13-10-9-11-14-32,33-15-19-35(51-7)20-16-33)34-17-21-36(52-8)22-18-34/h9-11,13-23,25,29-31,37-38,40H,12,26-28H2,1-8H3,(H,45,46,49,50)/t37-,38+,40+,57?/m1/s1. The van der Waals surface area contributed by atoms with Gasteiger partial charge >= 0.3 is 5.69 Å². The monoisotopic (exact) mass is 799 g/mol. The Morgan fingerprint density at radius 3 is 2.02 bits per heavy atom. The third-order valence-electron chi connectivity index (χ3n) is 9.62. The second-order valence-electron chi connectivity index (χ2n) is 14.5. The molecule has 4 aromatic rings. The quantitative estimate of drug-likeness (QED) is 0.0563. The van der Waals surface area contributed by atoms with Gasteiger partial charge in [0.25, 0.3) is 8.53 Å². The number of ether oxygens (including phenoxy) is 4. The number of carbonyl (C=O) groups excluding carboxylic acids is 1. The van der Waals surface area contributed by atoms with Gasteiger partial charge in [0.05, 0.1) is 46.0 Å². The molecule has 0 spiro atoms. The van der Waals surface area contributed by atoms with Crippen LogP contribution >= 0.6 is 8.53 Å². The first-order valence-corrected chi connectivity index (χ1v) is 20.3. The van der Waals surface area contributed by atoms with E-state index in [0.29, 0.717) is 11.5 Å². The molecule has 1 aliphatic rings. The minimum absolute atomic E-state index is 0.0313. The van der Waals surface area contributed by atoms with E-state index in [1.807, 2.05) is 78.9 Å². The highest BCUT2D eigenvalue weighted by Gasteiger charge is 2.45. The van der Waals surface area contributed by atoms with Crippen LogP contribution in [0.4, 0.5) is 5.82 Å². The lowest BCUT2D eigenvalue weighted by atomic mass is 9.80. The fraction of sp³-hybridized carbons (Fsp3) is 0.442. The van der Waals surface area contributed by atoms with Crippen LogP contribution < -0.4 is 20.5 Å². The van der Waals surface area contributed by atoms with Gasteiger partial charge in [0.1, 0.15) is 35.2 Å². The van der Waals surface area contributed by atoms with Crippen molar-refractivity contribution in [3.05, 3.63) is 118 Å². The third kappa shape index (κ3) is 10.4. The fourth-order valence-electron chi connectivity index (χ4n) is 6.80. The van der Waals surface area contributed by atoms with Crippen molar-refractivity contribution in [2.45, 2.75) is 90.5 Å². The Morgan fingerprint density at radius 2 is 1.51 bits per heavy atom. The van der Waals surface area contributed by atoms with Crippen LogP contribution in [0.5, 0.6) is 11.5 Å². The zero-order valence-electron chi connectivity index (χ0n) is 34.0. The van der Waals surface area contributed by atoms with E-state index in [1.54, 1.807) is 40.3 Å². The van der Waals surface area contributed by atoms with Gasteiger partial charge in [-0.05, 0) is 74.7 Å². The predicted molar refractivity (Wildman–Crippen MR) is 219 cm³/mol. The van der Waals surface area contributed by atoms with Gasteiger partial charge in [0.15, 0.2) is 0 Å². The molecule has 1 N–H and O–H groups in total. The number of nitriles is 1. The van der Waals surface area contributed by atoms with E-state index in [1.165, 1.54) is 4.57 Å². The Hall–Kier alpha value is -4.67. The molecule has 13 nitrogen and oxygen atoms in total. The average Bonchev–Trinajstić information content (AvgIpc) is 3.60. The molecule has 1 amide bonds. The Labute approximate surface area is 336 Å². The summed E-state index contributed by atoms with van der Waals surface area (Å²) >= 11 is 0. The highest BCUT2D eigenvalue weighted by molar-refractivity contribution is 7.44. The van der Waals surface area contributed by atoms with E-state index in [-0.39, 0.29) is 55.8 Å². The predicted octanol–water partition coefficient (Wildman–Crippen LogP) is 7.81. The molecule has 1 aliphatic heterocycles. The van der Waals surface area contributed by atoms with Crippen molar-refractivity contribution < 1.29 is 32.8 Å². The average molecular weight is 800 g/mol. The molecule has 3 aromatic carbocycles. The topological polar surface area (TPSA) is 146 Å². The van der Waals surface area contributed by atoms with Gasteiger partial charge in [0, 0.05) is 30.6 Å². The molecule has 5 rings (SSSR count). The summed E-state index contributed by atoms with van der Waals surface area (Å²) in [5.74, 6) is 1.02. The molecule has 0 saturated carbocycles. The molecule has 2 heterocycles. The van der Waals surface area contributed by atoms with Crippen LogP contribution in [0, 0.1) is 17.2 Å². The first-order chi connectivity index (χ1) is 27.4. The maximum atomic E-state index is 13.5. The van der Waals surface area contributed by atoms with Crippen LogP contribution in [-0.2, 0) is 28.9 Å². The largest absolute Gasteiger partial charge is 0.497 e. The van der Waals surface area contributed by atoms with Gasteiger partial charge in [-0.25, -0.2) is 9.46 Å². The minimum Gasteiger partial charge on any atom is -0.497 e. The number of anilines is 1. The molecule has 4 atom stereocenters. The summed E-state index contributed by atoms with van der Waals surface area (Å²) in [4.78, 5) is 30.0. The lowest BCUT2D eigenvalue weighted by Crippen LogP contribution is -2.39. The Bertz CT molecular complexity index is 1930. The minimum atomic E-state index is -1.68. The molecular formula is C43H54N5O8P. The molecule has 1 saturated heterocycles. The second kappa shape index (κ2) is 20.1. The van der Waals surface area contributed by atoms with Gasteiger partial charge < -0.3 is 33.3 Å². The molecule has 0 radical (unpaired) electrons. The van der Waals surface area contributed by atoms with Gasteiger partial charge in [-0.15, -0.1) is 0 Å². The normalized spacial score (nSPS) is 17.6. The van der Waals surface area contributed by atoms with Crippen LogP contribution in [0.15, 0.2) is 95.9 Å². The van der Waals surface area contributed by atoms with Crippen LogP contribution in [0.25, 0.3) is 0 Å². The number of nitrogens with zero attached hydrogens (tertiary/aromatic N) is 4. The zero-order chi connectivity index (χ0) is 41.1. The van der Waals surface area contributed by atoms with E-state index in [2.05, 4.69) is 48.7 Å². The number of hydrogen-bond acceptors (Lipinski definition) is 11. The fourth-order valence-corrected chi connectivity index (χ4v) is 8.55. The third-order valence-corrected chi connectivity index (χ3v) is 11.8. The molecule has 14 heteroatoms. The maximum Gasteiger partial charge on any atom is 0.351 e. The summed E-state index contributed by atoms with van der Waals surface area (Å²) in [6.07, 6.45) is -0.0643. The first kappa shape index (κ1) is 43.5. The second-order valence-corrected chi connectivity index (χ2v) is 15.9. The molecule has 57 heavy (non-hydrogen) atoms. The SMILES string of the molecule is COc1ccc(C(OC[C@@H]2O[C@H](n3ccc(NC(=O)C(C)C)nc3=O)C[C@H]2OP(OCCC#N)N(C(C)C)C(C)C)(c2ccccc2)c2ccc(OC)cc2)cc1. The highest BCUT2D eigenvalue weighted by atomic mass is 31.2. The van der Waals surface area contributed by atoms with E-state index >= 15 is 0 Å². The van der Waals surface area contributed by atoms with Gasteiger partial charge in [-0.3, -0.25) is 9.36 Å². The summed E-state index contributed by atoms with van der Waals surface area (Å²) in [5.41, 5.74) is 0.837. The van der Waals surface area contributed by atoms with Crippen LogP contribution in [0.2, 0.25) is 0 Å². The summed E-state index contributed by atoms with van der Waals surface area (Å²) in [5, 5.41) is 12.0. The van der Waals surface area contributed by atoms with Gasteiger partial charge in [-0.1, -0.05) is 68.4 Å². The van der Waals surface area contributed by atoms with Crippen LogP contribution in [0.1, 0.15) is 77.3 Å². The Morgan fingerprint density at radius 1 is 0.930 bits per heavy atom. The number of amides is 1. The molecule has 1 fully saturated rings. The van der Waals surface area contributed by atoms with Crippen molar-refractivity contribution in [3.8, 4) is 17.6 Å². The van der Waals surface area contributed by atoms with Crippen molar-refractivity contribution in [2.75, 3.05) is 32.8 Å². The zero-order valence-corrected chi connectivity index (χ0v) is 34.8. The van der Waals surface area contributed by atoms with E-state index < -0.39 is 38.3 Å². The van der Waals surface area contributed by atoms with Crippen LogP contribution in [-0.4, -0.2) is 71.9 Å². The number of carbonyl (C=O) groups is 1. The Kier molecular flexibility index (Phi) is 15.4. The van der Waals surface area contributed by atoms with Crippen molar-refractivity contribution in [1.29, 1.82) is 5.26 Å². The van der Waals surface area contributed by atoms with Crippen LogP contribution in [0.3, 0.4) is 0 Å². The summed E-state index contributed by atoms with van der Waals surface area (Å²) in [6.45, 7) is 12.0. The van der Waals surface area contributed by atoms with E-state index in [0.717, 1.165) is 16.7 Å². The van der Waals surface area contributed by atoms with Gasteiger partial charge in [-0.2, -0.15) is 10.2 Å².